The maximum absolute atomic E-state index is 13.5. The minimum Gasteiger partial charge on any atom is -0.310 e. The van der Waals surface area contributed by atoms with Crippen LogP contribution in [0.15, 0.2) is 52.3 Å². The summed E-state index contributed by atoms with van der Waals surface area (Å²) in [7, 11) is 0. The molecule has 0 aliphatic carbocycles. The van der Waals surface area contributed by atoms with Crippen LogP contribution in [-0.4, -0.2) is 6.04 Å². The molecule has 0 aliphatic rings. The van der Waals surface area contributed by atoms with Crippen molar-refractivity contribution in [2.24, 2.45) is 0 Å². The topological polar surface area (TPSA) is 12.0 Å². The number of rotatable bonds is 5. The summed E-state index contributed by atoms with van der Waals surface area (Å²) in [6.45, 7) is 4.99. The Morgan fingerprint density at radius 1 is 1.05 bits per heavy atom. The van der Waals surface area contributed by atoms with E-state index < -0.39 is 11.6 Å². The number of nitrogens with one attached hydrogen (secondary N) is 1. The summed E-state index contributed by atoms with van der Waals surface area (Å²) in [5, 5.41) is 3.33. The molecule has 4 heteroatoms. The van der Waals surface area contributed by atoms with Gasteiger partial charge in [-0.1, -0.05) is 37.7 Å². The van der Waals surface area contributed by atoms with Gasteiger partial charge in [0.25, 0.3) is 0 Å². The highest BCUT2D eigenvalue weighted by atomic mass is 32.2. The van der Waals surface area contributed by atoms with Gasteiger partial charge >= 0.3 is 0 Å². The highest BCUT2D eigenvalue weighted by Gasteiger charge is 2.06. The van der Waals surface area contributed by atoms with Crippen LogP contribution in [0.5, 0.6) is 0 Å². The van der Waals surface area contributed by atoms with Crippen LogP contribution in [0.4, 0.5) is 8.78 Å². The molecule has 0 aromatic heterocycles. The van der Waals surface area contributed by atoms with Gasteiger partial charge in [-0.25, -0.2) is 8.78 Å². The van der Waals surface area contributed by atoms with E-state index in [1.165, 1.54) is 23.4 Å². The van der Waals surface area contributed by atoms with Crippen LogP contribution >= 0.6 is 11.8 Å². The molecule has 0 saturated heterocycles. The predicted octanol–water partition coefficient (Wildman–Crippen LogP) is 4.61. The average molecular weight is 293 g/mol. The molecule has 2 rings (SSSR count). The molecule has 2 aromatic rings. The molecule has 0 aliphatic heterocycles. The van der Waals surface area contributed by atoms with Gasteiger partial charge < -0.3 is 5.32 Å². The van der Waals surface area contributed by atoms with E-state index in [0.29, 0.717) is 10.9 Å². The first-order chi connectivity index (χ1) is 9.54. The van der Waals surface area contributed by atoms with Crippen molar-refractivity contribution < 1.29 is 8.78 Å². The van der Waals surface area contributed by atoms with E-state index in [1.54, 1.807) is 0 Å². The minimum absolute atomic E-state index is 0.304. The monoisotopic (exact) mass is 293 g/mol. The zero-order valence-corrected chi connectivity index (χ0v) is 12.3. The molecule has 20 heavy (non-hydrogen) atoms. The first-order valence-electron chi connectivity index (χ1n) is 6.50. The van der Waals surface area contributed by atoms with Crippen molar-refractivity contribution in [2.75, 3.05) is 0 Å². The van der Waals surface area contributed by atoms with Crippen LogP contribution in [0.25, 0.3) is 0 Å². The summed E-state index contributed by atoms with van der Waals surface area (Å²) in [4.78, 5) is 1.20. The maximum atomic E-state index is 13.5. The van der Waals surface area contributed by atoms with E-state index in [4.69, 9.17) is 0 Å². The summed E-state index contributed by atoms with van der Waals surface area (Å²) in [5.74, 6) is -0.825. The van der Waals surface area contributed by atoms with E-state index in [2.05, 4.69) is 19.2 Å². The van der Waals surface area contributed by atoms with E-state index in [-0.39, 0.29) is 0 Å². The molecule has 1 N–H and O–H groups in total. The predicted molar refractivity (Wildman–Crippen MR) is 78.9 cm³/mol. The third kappa shape index (κ3) is 4.32. The smallest absolute Gasteiger partial charge is 0.137 e. The number of hydrogen-bond donors (Lipinski definition) is 1. The molecule has 0 saturated carbocycles. The SMILES string of the molecule is CC(C)NCc1ccc(Sc2cc(F)ccc2F)cc1. The fourth-order valence-corrected chi connectivity index (χ4v) is 2.54. The van der Waals surface area contributed by atoms with Gasteiger partial charge in [0.05, 0.1) is 4.90 Å². The molecule has 0 unspecified atom stereocenters. The van der Waals surface area contributed by atoms with Gasteiger partial charge in [-0.2, -0.15) is 0 Å². The maximum Gasteiger partial charge on any atom is 0.137 e. The average Bonchev–Trinajstić information content (AvgIpc) is 2.42. The number of hydrogen-bond acceptors (Lipinski definition) is 2. The standard InChI is InChI=1S/C16H17F2NS/c1-11(2)19-10-12-3-6-14(7-4-12)20-16-9-13(17)5-8-15(16)18/h3-9,11,19H,10H2,1-2H3. The summed E-state index contributed by atoms with van der Waals surface area (Å²) in [6.07, 6.45) is 0. The highest BCUT2D eigenvalue weighted by Crippen LogP contribution is 2.30. The van der Waals surface area contributed by atoms with Crippen LogP contribution in [0.1, 0.15) is 19.4 Å². The van der Waals surface area contributed by atoms with Crippen molar-refractivity contribution in [3.63, 3.8) is 0 Å². The van der Waals surface area contributed by atoms with Crippen molar-refractivity contribution in [2.45, 2.75) is 36.2 Å². The van der Waals surface area contributed by atoms with E-state index in [0.717, 1.165) is 23.6 Å². The Morgan fingerprint density at radius 2 is 1.75 bits per heavy atom. The molecule has 106 valence electrons. The van der Waals surface area contributed by atoms with Crippen LogP contribution in [0.3, 0.4) is 0 Å². The van der Waals surface area contributed by atoms with E-state index in [1.807, 2.05) is 24.3 Å². The van der Waals surface area contributed by atoms with Gasteiger partial charge in [0, 0.05) is 17.5 Å². The first kappa shape index (κ1) is 15.0. The third-order valence-electron chi connectivity index (χ3n) is 2.76. The zero-order chi connectivity index (χ0) is 14.5. The summed E-state index contributed by atoms with van der Waals surface area (Å²) < 4.78 is 26.6. The Kier molecular flexibility index (Phi) is 5.15. The molecule has 2 aromatic carbocycles. The second kappa shape index (κ2) is 6.86. The van der Waals surface area contributed by atoms with Crippen molar-refractivity contribution in [3.05, 3.63) is 59.7 Å². The van der Waals surface area contributed by atoms with Crippen LogP contribution in [0, 0.1) is 11.6 Å². The third-order valence-corrected chi connectivity index (χ3v) is 3.80. The van der Waals surface area contributed by atoms with E-state index in [9.17, 15) is 8.78 Å². The van der Waals surface area contributed by atoms with Gasteiger partial charge in [0.1, 0.15) is 11.6 Å². The molecule has 0 bridgehead atoms. The fourth-order valence-electron chi connectivity index (χ4n) is 1.68. The quantitative estimate of drug-likeness (QED) is 0.863. The van der Waals surface area contributed by atoms with Crippen LogP contribution in [0.2, 0.25) is 0 Å². The molecule has 0 heterocycles. The minimum atomic E-state index is -0.424. The second-order valence-corrected chi connectivity index (χ2v) is 5.97. The van der Waals surface area contributed by atoms with Crippen LogP contribution < -0.4 is 5.32 Å². The first-order valence-corrected chi connectivity index (χ1v) is 7.31. The zero-order valence-electron chi connectivity index (χ0n) is 11.5. The normalized spacial score (nSPS) is 11.1. The Balaban J connectivity index is 2.05. The van der Waals surface area contributed by atoms with Crippen molar-refractivity contribution in [3.8, 4) is 0 Å². The largest absolute Gasteiger partial charge is 0.310 e. The van der Waals surface area contributed by atoms with E-state index >= 15 is 0 Å². The summed E-state index contributed by atoms with van der Waals surface area (Å²) in [6, 6.07) is 11.8. The van der Waals surface area contributed by atoms with Gasteiger partial charge in [-0.15, -0.1) is 0 Å². The Labute approximate surface area is 122 Å². The molecule has 0 fully saturated rings. The Bertz CT molecular complexity index is 567. The summed E-state index contributed by atoms with van der Waals surface area (Å²) in [5.41, 5.74) is 1.17. The van der Waals surface area contributed by atoms with Gasteiger partial charge in [-0.05, 0) is 35.9 Å². The van der Waals surface area contributed by atoms with Crippen molar-refractivity contribution in [1.82, 2.24) is 5.32 Å². The van der Waals surface area contributed by atoms with Crippen molar-refractivity contribution in [1.29, 1.82) is 0 Å². The lowest BCUT2D eigenvalue weighted by Crippen LogP contribution is -2.21. The highest BCUT2D eigenvalue weighted by molar-refractivity contribution is 7.99. The molecule has 0 radical (unpaired) electrons. The lowest BCUT2D eigenvalue weighted by molar-refractivity contribution is 0.577. The lowest BCUT2D eigenvalue weighted by Gasteiger charge is -2.09. The second-order valence-electron chi connectivity index (χ2n) is 4.86. The molecule has 0 atom stereocenters. The van der Waals surface area contributed by atoms with Gasteiger partial charge in [0.2, 0.25) is 0 Å². The van der Waals surface area contributed by atoms with Gasteiger partial charge in [-0.3, -0.25) is 0 Å². The van der Waals surface area contributed by atoms with Gasteiger partial charge in [0.15, 0.2) is 0 Å². The number of benzene rings is 2. The fraction of sp³-hybridized carbons (Fsp3) is 0.250. The molecule has 0 amide bonds. The number of halogens is 2. The lowest BCUT2D eigenvalue weighted by atomic mass is 10.2. The Hall–Kier alpha value is -1.39. The molecule has 0 spiro atoms. The Morgan fingerprint density at radius 3 is 2.40 bits per heavy atom. The molecule has 1 nitrogen and oxygen atoms in total. The van der Waals surface area contributed by atoms with Crippen molar-refractivity contribution >= 4 is 11.8 Å². The molecular weight excluding hydrogens is 276 g/mol. The molecular formula is C16H17F2NS. The van der Waals surface area contributed by atoms with Crippen LogP contribution in [-0.2, 0) is 6.54 Å². The summed E-state index contributed by atoms with van der Waals surface area (Å²) >= 11 is 1.23.